The van der Waals surface area contributed by atoms with Gasteiger partial charge in [0.25, 0.3) is 5.91 Å². The number of hydrogen-bond acceptors (Lipinski definition) is 5. The minimum atomic E-state index is -0.186. The number of hydrogen-bond donors (Lipinski definition) is 1. The Kier molecular flexibility index (Phi) is 7.00. The van der Waals surface area contributed by atoms with E-state index in [0.29, 0.717) is 41.7 Å². The predicted octanol–water partition coefficient (Wildman–Crippen LogP) is 3.83. The molecule has 0 aliphatic heterocycles. The summed E-state index contributed by atoms with van der Waals surface area (Å²) in [6.45, 7) is 0.714. The van der Waals surface area contributed by atoms with Gasteiger partial charge >= 0.3 is 0 Å². The number of nitrogens with one attached hydrogen (secondary N) is 1. The SMILES string of the molecule is COc1ccccc1OCCNC(=O)c1ccc(OC2CCCC2)c(OC)c1. The summed E-state index contributed by atoms with van der Waals surface area (Å²) < 4.78 is 22.3. The Morgan fingerprint density at radius 3 is 2.39 bits per heavy atom. The van der Waals surface area contributed by atoms with E-state index in [1.807, 2.05) is 24.3 Å². The maximum Gasteiger partial charge on any atom is 0.251 e. The Bertz CT molecular complexity index is 786. The maximum atomic E-state index is 12.4. The quantitative estimate of drug-likeness (QED) is 0.665. The Labute approximate surface area is 165 Å². The van der Waals surface area contributed by atoms with Crippen LogP contribution in [0.1, 0.15) is 36.0 Å². The molecule has 0 atom stereocenters. The summed E-state index contributed by atoms with van der Waals surface area (Å²) in [5, 5.41) is 2.85. The number of benzene rings is 2. The molecule has 2 aromatic rings. The van der Waals surface area contributed by atoms with Gasteiger partial charge < -0.3 is 24.3 Å². The molecule has 1 saturated carbocycles. The molecule has 1 fully saturated rings. The number of para-hydroxylation sites is 2. The first-order valence-electron chi connectivity index (χ1n) is 9.60. The third kappa shape index (κ3) is 5.09. The molecule has 0 spiro atoms. The van der Waals surface area contributed by atoms with Crippen molar-refractivity contribution >= 4 is 5.91 Å². The summed E-state index contributed by atoms with van der Waals surface area (Å²) in [6, 6.07) is 12.7. The maximum absolute atomic E-state index is 12.4. The van der Waals surface area contributed by atoms with Crippen LogP contribution in [0.4, 0.5) is 0 Å². The fourth-order valence-corrected chi connectivity index (χ4v) is 3.26. The molecule has 1 aliphatic carbocycles. The van der Waals surface area contributed by atoms with Crippen LogP contribution < -0.4 is 24.3 Å². The lowest BCUT2D eigenvalue weighted by Crippen LogP contribution is -2.28. The Morgan fingerprint density at radius 1 is 0.964 bits per heavy atom. The number of methoxy groups -OCH3 is 2. The summed E-state index contributed by atoms with van der Waals surface area (Å²) in [5.74, 6) is 2.38. The standard InChI is InChI=1S/C22H27NO5/c1-25-18-9-5-6-10-19(18)27-14-13-23-22(24)16-11-12-20(21(15-16)26-2)28-17-7-3-4-8-17/h5-6,9-12,15,17H,3-4,7-8,13-14H2,1-2H3,(H,23,24). The van der Waals surface area contributed by atoms with Gasteiger partial charge in [0.05, 0.1) is 26.9 Å². The second kappa shape index (κ2) is 9.88. The zero-order valence-corrected chi connectivity index (χ0v) is 16.4. The van der Waals surface area contributed by atoms with Gasteiger partial charge in [0.2, 0.25) is 0 Å². The monoisotopic (exact) mass is 385 g/mol. The van der Waals surface area contributed by atoms with E-state index in [-0.39, 0.29) is 12.0 Å². The number of carbonyl (C=O) groups is 1. The number of carbonyl (C=O) groups excluding carboxylic acids is 1. The third-order valence-electron chi connectivity index (χ3n) is 4.74. The van der Waals surface area contributed by atoms with E-state index in [0.717, 1.165) is 12.8 Å². The molecule has 1 aliphatic rings. The van der Waals surface area contributed by atoms with Crippen molar-refractivity contribution in [2.45, 2.75) is 31.8 Å². The van der Waals surface area contributed by atoms with Gasteiger partial charge in [-0.15, -0.1) is 0 Å². The summed E-state index contributed by atoms with van der Waals surface area (Å²) in [5.41, 5.74) is 0.521. The number of ether oxygens (including phenoxy) is 4. The van der Waals surface area contributed by atoms with Gasteiger partial charge in [0.1, 0.15) is 6.61 Å². The summed E-state index contributed by atoms with van der Waals surface area (Å²) in [6.07, 6.45) is 4.77. The summed E-state index contributed by atoms with van der Waals surface area (Å²) in [7, 11) is 3.18. The van der Waals surface area contributed by atoms with E-state index in [1.54, 1.807) is 32.4 Å². The Hall–Kier alpha value is -2.89. The van der Waals surface area contributed by atoms with Crippen molar-refractivity contribution in [2.24, 2.45) is 0 Å². The molecule has 3 rings (SSSR count). The molecule has 1 amide bonds. The zero-order valence-electron chi connectivity index (χ0n) is 16.4. The molecular formula is C22H27NO5. The van der Waals surface area contributed by atoms with Gasteiger partial charge in [-0.2, -0.15) is 0 Å². The molecule has 1 N–H and O–H groups in total. The fourth-order valence-electron chi connectivity index (χ4n) is 3.26. The van der Waals surface area contributed by atoms with Crippen LogP contribution in [0.3, 0.4) is 0 Å². The van der Waals surface area contributed by atoms with Crippen LogP contribution in [0.25, 0.3) is 0 Å². The molecule has 150 valence electrons. The predicted molar refractivity (Wildman–Crippen MR) is 107 cm³/mol. The first-order chi connectivity index (χ1) is 13.7. The third-order valence-corrected chi connectivity index (χ3v) is 4.74. The Morgan fingerprint density at radius 2 is 1.68 bits per heavy atom. The largest absolute Gasteiger partial charge is 0.493 e. The highest BCUT2D eigenvalue weighted by Crippen LogP contribution is 2.32. The zero-order chi connectivity index (χ0) is 19.8. The van der Waals surface area contributed by atoms with Gasteiger partial charge in [0.15, 0.2) is 23.0 Å². The summed E-state index contributed by atoms with van der Waals surface area (Å²) in [4.78, 5) is 12.4. The van der Waals surface area contributed by atoms with Gasteiger partial charge in [-0.3, -0.25) is 4.79 Å². The molecule has 0 radical (unpaired) electrons. The average Bonchev–Trinajstić information content (AvgIpc) is 3.24. The molecule has 0 heterocycles. The first kappa shape index (κ1) is 19.9. The van der Waals surface area contributed by atoms with Crippen molar-refractivity contribution in [3.8, 4) is 23.0 Å². The highest BCUT2D eigenvalue weighted by Gasteiger charge is 2.19. The van der Waals surface area contributed by atoms with Crippen molar-refractivity contribution < 1.29 is 23.7 Å². The number of rotatable bonds is 9. The molecule has 0 unspecified atom stereocenters. The average molecular weight is 385 g/mol. The lowest BCUT2D eigenvalue weighted by molar-refractivity contribution is 0.0946. The molecular weight excluding hydrogens is 358 g/mol. The van der Waals surface area contributed by atoms with Crippen LogP contribution in [0.5, 0.6) is 23.0 Å². The molecule has 2 aromatic carbocycles. The van der Waals surface area contributed by atoms with Crippen molar-refractivity contribution in [3.63, 3.8) is 0 Å². The molecule has 0 aromatic heterocycles. The fraction of sp³-hybridized carbons (Fsp3) is 0.409. The van der Waals surface area contributed by atoms with Crippen molar-refractivity contribution in [1.82, 2.24) is 5.32 Å². The van der Waals surface area contributed by atoms with E-state index in [1.165, 1.54) is 12.8 Å². The van der Waals surface area contributed by atoms with Gasteiger partial charge in [-0.05, 0) is 56.0 Å². The molecule has 6 nitrogen and oxygen atoms in total. The van der Waals surface area contributed by atoms with Gasteiger partial charge in [0, 0.05) is 5.56 Å². The highest BCUT2D eigenvalue weighted by atomic mass is 16.5. The van der Waals surface area contributed by atoms with E-state index in [9.17, 15) is 4.79 Å². The molecule has 0 bridgehead atoms. The van der Waals surface area contributed by atoms with E-state index in [2.05, 4.69) is 5.32 Å². The molecule has 28 heavy (non-hydrogen) atoms. The van der Waals surface area contributed by atoms with Crippen molar-refractivity contribution in [2.75, 3.05) is 27.4 Å². The Balaban J connectivity index is 1.52. The van der Waals surface area contributed by atoms with Crippen molar-refractivity contribution in [3.05, 3.63) is 48.0 Å². The van der Waals surface area contributed by atoms with Crippen LogP contribution in [-0.2, 0) is 0 Å². The van der Waals surface area contributed by atoms with E-state index in [4.69, 9.17) is 18.9 Å². The minimum absolute atomic E-state index is 0.186. The van der Waals surface area contributed by atoms with E-state index < -0.39 is 0 Å². The van der Waals surface area contributed by atoms with Crippen molar-refractivity contribution in [1.29, 1.82) is 0 Å². The van der Waals surface area contributed by atoms with Crippen LogP contribution >= 0.6 is 0 Å². The van der Waals surface area contributed by atoms with Crippen LogP contribution in [0.2, 0.25) is 0 Å². The van der Waals surface area contributed by atoms with Gasteiger partial charge in [-0.1, -0.05) is 12.1 Å². The number of amides is 1. The summed E-state index contributed by atoms with van der Waals surface area (Å²) >= 11 is 0. The smallest absolute Gasteiger partial charge is 0.251 e. The van der Waals surface area contributed by atoms with Crippen LogP contribution in [0, 0.1) is 0 Å². The topological polar surface area (TPSA) is 66.0 Å². The van der Waals surface area contributed by atoms with Gasteiger partial charge in [-0.25, -0.2) is 0 Å². The molecule has 6 heteroatoms. The first-order valence-corrected chi connectivity index (χ1v) is 9.60. The highest BCUT2D eigenvalue weighted by molar-refractivity contribution is 5.94. The van der Waals surface area contributed by atoms with Crippen LogP contribution in [0.15, 0.2) is 42.5 Å². The lowest BCUT2D eigenvalue weighted by Gasteiger charge is -2.16. The second-order valence-corrected chi connectivity index (χ2v) is 6.65. The second-order valence-electron chi connectivity index (χ2n) is 6.65. The molecule has 0 saturated heterocycles. The minimum Gasteiger partial charge on any atom is -0.493 e. The van der Waals surface area contributed by atoms with Crippen LogP contribution in [-0.4, -0.2) is 39.4 Å². The van der Waals surface area contributed by atoms with E-state index >= 15 is 0 Å². The lowest BCUT2D eigenvalue weighted by atomic mass is 10.2. The normalized spacial score (nSPS) is 13.8.